The zero-order chi connectivity index (χ0) is 57.3. The number of carboxylic acids is 1. The van der Waals surface area contributed by atoms with E-state index >= 15 is 0 Å². The van der Waals surface area contributed by atoms with Gasteiger partial charge in [0, 0.05) is 75.4 Å². The predicted octanol–water partition coefficient (Wildman–Crippen LogP) is 3.37. The third-order valence-electron chi connectivity index (χ3n) is 14.8. The van der Waals surface area contributed by atoms with E-state index < -0.39 is 128 Å². The Hall–Kier alpha value is -4.06. The Morgan fingerprint density at radius 1 is 0.816 bits per heavy atom. The zero-order valence-corrected chi connectivity index (χ0v) is 46.1. The third kappa shape index (κ3) is 25.2. The minimum absolute atomic E-state index is 0.0676. The van der Waals surface area contributed by atoms with Crippen LogP contribution >= 0.6 is 0 Å². The van der Waals surface area contributed by atoms with E-state index in [0.717, 1.165) is 32.1 Å². The van der Waals surface area contributed by atoms with Crippen molar-refractivity contribution in [2.75, 3.05) is 13.6 Å². The lowest BCUT2D eigenvalue weighted by Gasteiger charge is -2.45. The SMILES string of the molecule is CN=C(N)NCCC/C=C/CCCC(C)C1OC(=O)/C(C)=C/C=C/C(C)C(O)CC(O)C(C)C(O)CCC(C)C(O)CC2(O)OC(CC(O)CC(OC(=O)CC(=O)O)CC(O)CC(O)/C(C)=C/C=C\C1C)CC(O)C2O. The molecule has 14 N–H and O–H groups in total. The molecule has 1 saturated heterocycles. The summed E-state index contributed by atoms with van der Waals surface area (Å²) in [5.74, 6) is -7.34. The second-order valence-electron chi connectivity index (χ2n) is 21.6. The molecule has 0 amide bonds. The molecular weight excluding hydrogens is 987 g/mol. The Bertz CT molecular complexity index is 1930. The molecule has 76 heavy (non-hydrogen) atoms. The number of aliphatic imine (C=N–C) groups is 1. The molecule has 0 aromatic heterocycles. The van der Waals surface area contributed by atoms with Gasteiger partial charge >= 0.3 is 17.9 Å². The second-order valence-corrected chi connectivity index (χ2v) is 21.6. The molecular formula is C56H95N3O17. The number of nitrogens with two attached hydrogens (primary N) is 1. The number of nitrogens with one attached hydrogen (secondary N) is 1. The number of aliphatic hydroxyl groups is 10. The van der Waals surface area contributed by atoms with Crippen molar-refractivity contribution in [3.63, 3.8) is 0 Å². The number of carbonyl (C=O) groups excluding carboxylic acids is 2. The maximum Gasteiger partial charge on any atom is 0.334 e. The highest BCUT2D eigenvalue weighted by molar-refractivity contribution is 5.90. The lowest BCUT2D eigenvalue weighted by molar-refractivity contribution is -0.333. The highest BCUT2D eigenvalue weighted by Gasteiger charge is 2.50. The van der Waals surface area contributed by atoms with Crippen molar-refractivity contribution < 1.29 is 84.8 Å². The molecule has 18 atom stereocenters. The van der Waals surface area contributed by atoms with Crippen LogP contribution in [-0.2, 0) is 28.6 Å². The molecule has 0 saturated carbocycles. The number of fused-ring (bicyclic) bond motifs is 2. The Balaban J connectivity index is 2.45. The van der Waals surface area contributed by atoms with Crippen molar-refractivity contribution in [2.45, 2.75) is 224 Å². The maximum atomic E-state index is 13.6. The van der Waals surface area contributed by atoms with Crippen LogP contribution in [0, 0.1) is 29.6 Å². The van der Waals surface area contributed by atoms with E-state index in [1.807, 2.05) is 19.9 Å². The average Bonchev–Trinajstić information content (AvgIpc) is 3.34. The molecule has 436 valence electrons. The van der Waals surface area contributed by atoms with Gasteiger partial charge in [-0.1, -0.05) is 83.2 Å². The molecule has 20 nitrogen and oxygen atoms in total. The molecule has 2 bridgehead atoms. The molecule has 20 heteroatoms. The number of carbonyl (C=O) groups is 3. The van der Waals surface area contributed by atoms with E-state index in [0.29, 0.717) is 23.7 Å². The van der Waals surface area contributed by atoms with Gasteiger partial charge in [0.2, 0.25) is 0 Å². The summed E-state index contributed by atoms with van der Waals surface area (Å²) in [6, 6.07) is 0. The summed E-state index contributed by atoms with van der Waals surface area (Å²) in [7, 11) is 1.62. The summed E-state index contributed by atoms with van der Waals surface area (Å²) in [4.78, 5) is 41.4. The van der Waals surface area contributed by atoms with E-state index in [1.165, 1.54) is 0 Å². The number of unbranched alkanes of at least 4 members (excludes halogenated alkanes) is 2. The molecule has 2 rings (SSSR count). The fraction of sp³-hybridized carbons (Fsp3) is 0.750. The molecule has 0 aromatic carbocycles. The van der Waals surface area contributed by atoms with Crippen LogP contribution in [0.1, 0.15) is 145 Å². The highest BCUT2D eigenvalue weighted by Crippen LogP contribution is 2.36. The minimum atomic E-state index is -2.48. The van der Waals surface area contributed by atoms with Crippen LogP contribution in [0.15, 0.2) is 64.7 Å². The van der Waals surface area contributed by atoms with Crippen molar-refractivity contribution >= 4 is 23.9 Å². The molecule has 0 aromatic rings. The Morgan fingerprint density at radius 3 is 2.08 bits per heavy atom. The summed E-state index contributed by atoms with van der Waals surface area (Å²) < 4.78 is 17.4. The normalized spacial score (nSPS) is 38.0. The number of ether oxygens (including phenoxy) is 3. The molecule has 2 heterocycles. The number of rotatable bonds is 12. The van der Waals surface area contributed by atoms with Crippen molar-refractivity contribution in [3.8, 4) is 0 Å². The Labute approximate surface area is 450 Å². The molecule has 2 aliphatic heterocycles. The minimum Gasteiger partial charge on any atom is -0.481 e. The fourth-order valence-corrected chi connectivity index (χ4v) is 9.44. The summed E-state index contributed by atoms with van der Waals surface area (Å²) in [6.07, 6.45) is 1.11. The number of nitrogens with zero attached hydrogens (tertiary/aromatic N) is 1. The smallest absolute Gasteiger partial charge is 0.334 e. The number of aliphatic carboxylic acids is 1. The highest BCUT2D eigenvalue weighted by atomic mass is 16.7. The summed E-state index contributed by atoms with van der Waals surface area (Å²) in [5, 5.41) is 123. The summed E-state index contributed by atoms with van der Waals surface area (Å²) in [5.41, 5.74) is 6.46. The number of allylic oxidation sites excluding steroid dienone is 6. The van der Waals surface area contributed by atoms with E-state index in [1.54, 1.807) is 72.0 Å². The summed E-state index contributed by atoms with van der Waals surface area (Å²) in [6.45, 7) is 13.0. The molecule has 18 unspecified atom stereocenters. The van der Waals surface area contributed by atoms with Gasteiger partial charge in [0.15, 0.2) is 11.7 Å². The van der Waals surface area contributed by atoms with Crippen LogP contribution in [0.3, 0.4) is 0 Å². The van der Waals surface area contributed by atoms with Gasteiger partial charge in [0.05, 0.1) is 54.9 Å². The molecule has 1 fully saturated rings. The van der Waals surface area contributed by atoms with Crippen molar-refractivity contribution in [2.24, 2.45) is 40.3 Å². The lowest BCUT2D eigenvalue weighted by atomic mass is 9.84. The first-order valence-electron chi connectivity index (χ1n) is 27.1. The molecule has 2 aliphatic rings. The quantitative estimate of drug-likeness (QED) is 0.0333. The van der Waals surface area contributed by atoms with Gasteiger partial charge in [-0.2, -0.15) is 0 Å². The second kappa shape index (κ2) is 34.7. The van der Waals surface area contributed by atoms with Gasteiger partial charge in [-0.15, -0.1) is 0 Å². The van der Waals surface area contributed by atoms with Gasteiger partial charge in [-0.25, -0.2) is 4.79 Å². The number of esters is 2. The number of cyclic esters (lactones) is 1. The van der Waals surface area contributed by atoms with Crippen LogP contribution in [-0.4, -0.2) is 173 Å². The van der Waals surface area contributed by atoms with Crippen LogP contribution in [0.25, 0.3) is 0 Å². The molecule has 0 spiro atoms. The number of hydrogen-bond acceptors (Lipinski definition) is 17. The predicted molar refractivity (Wildman–Crippen MR) is 287 cm³/mol. The van der Waals surface area contributed by atoms with Crippen molar-refractivity contribution in [1.29, 1.82) is 0 Å². The van der Waals surface area contributed by atoms with Crippen LogP contribution in [0.2, 0.25) is 0 Å². The van der Waals surface area contributed by atoms with Gasteiger partial charge in [0.1, 0.15) is 24.7 Å². The molecule has 0 aliphatic carbocycles. The first kappa shape index (κ1) is 68.0. The maximum absolute atomic E-state index is 13.6. The third-order valence-corrected chi connectivity index (χ3v) is 14.8. The number of aliphatic hydroxyl groups excluding tert-OH is 9. The van der Waals surface area contributed by atoms with Gasteiger partial charge < -0.3 is 81.4 Å². The zero-order valence-electron chi connectivity index (χ0n) is 46.1. The van der Waals surface area contributed by atoms with E-state index in [9.17, 15) is 70.6 Å². The first-order chi connectivity index (χ1) is 35.7. The summed E-state index contributed by atoms with van der Waals surface area (Å²) >= 11 is 0. The van der Waals surface area contributed by atoms with E-state index in [4.69, 9.17) is 19.9 Å². The number of carboxylic acid groups (broad SMARTS) is 1. The fourth-order valence-electron chi connectivity index (χ4n) is 9.44. The van der Waals surface area contributed by atoms with Gasteiger partial charge in [0.25, 0.3) is 0 Å². The Morgan fingerprint density at radius 2 is 1.43 bits per heavy atom. The largest absolute Gasteiger partial charge is 0.481 e. The van der Waals surface area contributed by atoms with E-state index in [2.05, 4.69) is 22.5 Å². The number of guanidine groups is 1. The van der Waals surface area contributed by atoms with Crippen molar-refractivity contribution in [1.82, 2.24) is 5.32 Å². The van der Waals surface area contributed by atoms with Gasteiger partial charge in [-0.05, 0) is 82.6 Å². The van der Waals surface area contributed by atoms with Crippen LogP contribution in [0.5, 0.6) is 0 Å². The number of hydrogen-bond donors (Lipinski definition) is 13. The van der Waals surface area contributed by atoms with Crippen LogP contribution < -0.4 is 11.1 Å². The monoisotopic (exact) mass is 1080 g/mol. The molecule has 0 radical (unpaired) electrons. The average molecular weight is 1080 g/mol. The topological polar surface area (TPSA) is 352 Å². The van der Waals surface area contributed by atoms with Crippen LogP contribution in [0.4, 0.5) is 0 Å². The van der Waals surface area contributed by atoms with Gasteiger partial charge in [-0.3, -0.25) is 14.6 Å². The van der Waals surface area contributed by atoms with E-state index in [-0.39, 0.29) is 63.2 Å². The van der Waals surface area contributed by atoms with Crippen molar-refractivity contribution in [3.05, 3.63) is 59.8 Å². The standard InChI is InChI=1S/C56H95N3O17/c1-33-18-15-20-37(5)52(36(4)17-13-11-9-10-12-14-24-59-55(57)58-8)75-54(72)38(6)21-16-19-34(2)46(64)30-47(65)39(7)44(62)23-22-35(3)49(67)32-56(73)53(71)48(66)29-43(76-56)27-40(60)25-42(26-41(61)28-45(33)63)74-51(70)31-50(68)69/h9-10,15-16,18-21,34-37,39-49,52-53,60-67,71,73H,11-14,17,22-32H2,1-8H3,(H,68,69)(H3,57,58,59)/b10-9+,19-16+,20-15-,33-18+,38-21+. The Kier molecular flexibility index (Phi) is 31.1. The first-order valence-corrected chi connectivity index (χ1v) is 27.1. The lowest BCUT2D eigenvalue weighted by Crippen LogP contribution is -2.59.